The van der Waals surface area contributed by atoms with Gasteiger partial charge in [-0.05, 0) is 31.5 Å². The molecule has 17 heavy (non-hydrogen) atoms. The van der Waals surface area contributed by atoms with Crippen LogP contribution in [0.15, 0.2) is 24.3 Å². The largest absolute Gasteiger partial charge is 0.382 e. The SMILES string of the molecule is CC(Nc1cccc(C(N)=O)c1)C1CCOC1. The van der Waals surface area contributed by atoms with Crippen molar-refractivity contribution in [2.45, 2.75) is 19.4 Å². The van der Waals surface area contributed by atoms with E-state index in [2.05, 4.69) is 12.2 Å². The molecule has 2 unspecified atom stereocenters. The maximum atomic E-state index is 11.1. The molecule has 1 heterocycles. The highest BCUT2D eigenvalue weighted by molar-refractivity contribution is 5.93. The second-order valence-corrected chi connectivity index (χ2v) is 4.50. The molecule has 4 nitrogen and oxygen atoms in total. The zero-order valence-electron chi connectivity index (χ0n) is 9.98. The van der Waals surface area contributed by atoms with Gasteiger partial charge in [-0.1, -0.05) is 6.07 Å². The Morgan fingerprint density at radius 1 is 1.59 bits per heavy atom. The Morgan fingerprint density at radius 3 is 3.06 bits per heavy atom. The lowest BCUT2D eigenvalue weighted by atomic mass is 10.0. The fourth-order valence-corrected chi connectivity index (χ4v) is 2.09. The standard InChI is InChI=1S/C13H18N2O2/c1-9(11-5-6-17-8-11)15-12-4-2-3-10(7-12)13(14)16/h2-4,7,9,11,15H,5-6,8H2,1H3,(H2,14,16). The molecule has 3 N–H and O–H groups in total. The summed E-state index contributed by atoms with van der Waals surface area (Å²) in [6.45, 7) is 3.79. The van der Waals surface area contributed by atoms with Crippen molar-refractivity contribution in [3.05, 3.63) is 29.8 Å². The first kappa shape index (κ1) is 11.9. The maximum absolute atomic E-state index is 11.1. The topological polar surface area (TPSA) is 64.3 Å². The quantitative estimate of drug-likeness (QED) is 0.832. The van der Waals surface area contributed by atoms with E-state index in [0.29, 0.717) is 17.5 Å². The molecule has 0 aromatic heterocycles. The number of anilines is 1. The van der Waals surface area contributed by atoms with Gasteiger partial charge in [0, 0.05) is 29.8 Å². The zero-order chi connectivity index (χ0) is 12.3. The van der Waals surface area contributed by atoms with Gasteiger partial charge in [0.25, 0.3) is 0 Å². The van der Waals surface area contributed by atoms with E-state index in [-0.39, 0.29) is 0 Å². The molecule has 1 saturated heterocycles. The van der Waals surface area contributed by atoms with Crippen LogP contribution in [0.25, 0.3) is 0 Å². The summed E-state index contributed by atoms with van der Waals surface area (Å²) in [5.41, 5.74) is 6.71. The van der Waals surface area contributed by atoms with Crippen molar-refractivity contribution in [1.29, 1.82) is 0 Å². The van der Waals surface area contributed by atoms with Crippen molar-refractivity contribution < 1.29 is 9.53 Å². The number of nitrogens with one attached hydrogen (secondary N) is 1. The zero-order valence-corrected chi connectivity index (χ0v) is 9.98. The van der Waals surface area contributed by atoms with Crippen LogP contribution in [-0.2, 0) is 4.74 Å². The fourth-order valence-electron chi connectivity index (χ4n) is 2.09. The number of primary amides is 1. The molecule has 1 aliphatic rings. The third-order valence-corrected chi connectivity index (χ3v) is 3.21. The van der Waals surface area contributed by atoms with Crippen molar-refractivity contribution in [2.75, 3.05) is 18.5 Å². The number of nitrogens with two attached hydrogens (primary N) is 1. The minimum absolute atomic E-state index is 0.334. The monoisotopic (exact) mass is 234 g/mol. The van der Waals surface area contributed by atoms with Gasteiger partial charge >= 0.3 is 0 Å². The lowest BCUT2D eigenvalue weighted by Gasteiger charge is -2.20. The number of rotatable bonds is 4. The van der Waals surface area contributed by atoms with E-state index in [0.717, 1.165) is 25.3 Å². The molecular weight excluding hydrogens is 216 g/mol. The van der Waals surface area contributed by atoms with Crippen LogP contribution in [0, 0.1) is 5.92 Å². The lowest BCUT2D eigenvalue weighted by Crippen LogP contribution is -2.26. The maximum Gasteiger partial charge on any atom is 0.248 e. The first-order valence-electron chi connectivity index (χ1n) is 5.91. The van der Waals surface area contributed by atoms with Crippen molar-refractivity contribution in [1.82, 2.24) is 0 Å². The van der Waals surface area contributed by atoms with Crippen molar-refractivity contribution >= 4 is 11.6 Å². The van der Waals surface area contributed by atoms with Gasteiger partial charge in [0.15, 0.2) is 0 Å². The van der Waals surface area contributed by atoms with Gasteiger partial charge in [0.1, 0.15) is 0 Å². The van der Waals surface area contributed by atoms with Gasteiger partial charge in [-0.3, -0.25) is 4.79 Å². The van der Waals surface area contributed by atoms with Gasteiger partial charge in [0.2, 0.25) is 5.91 Å². The number of hydrogen-bond acceptors (Lipinski definition) is 3. The number of carbonyl (C=O) groups is 1. The molecule has 0 saturated carbocycles. The van der Waals surface area contributed by atoms with E-state index in [1.54, 1.807) is 12.1 Å². The number of amides is 1. The highest BCUT2D eigenvalue weighted by Crippen LogP contribution is 2.20. The molecule has 1 aromatic carbocycles. The van der Waals surface area contributed by atoms with E-state index in [9.17, 15) is 4.79 Å². The van der Waals surface area contributed by atoms with Crippen molar-refractivity contribution in [3.63, 3.8) is 0 Å². The van der Waals surface area contributed by atoms with Crippen molar-refractivity contribution in [2.24, 2.45) is 11.7 Å². The Labute approximate surface area is 101 Å². The van der Waals surface area contributed by atoms with Crippen LogP contribution in [-0.4, -0.2) is 25.2 Å². The summed E-state index contributed by atoms with van der Waals surface area (Å²) in [5, 5.41) is 3.39. The first-order valence-corrected chi connectivity index (χ1v) is 5.91. The fraction of sp³-hybridized carbons (Fsp3) is 0.462. The molecule has 1 amide bonds. The summed E-state index contributed by atoms with van der Waals surface area (Å²) in [7, 11) is 0. The predicted octanol–water partition coefficient (Wildman–Crippen LogP) is 1.62. The van der Waals surface area contributed by atoms with E-state index in [1.807, 2.05) is 12.1 Å². The second-order valence-electron chi connectivity index (χ2n) is 4.50. The average Bonchev–Trinajstić information content (AvgIpc) is 2.82. The highest BCUT2D eigenvalue weighted by atomic mass is 16.5. The third kappa shape index (κ3) is 2.97. The molecule has 0 bridgehead atoms. The van der Waals surface area contributed by atoms with E-state index >= 15 is 0 Å². The number of ether oxygens (including phenoxy) is 1. The molecule has 92 valence electrons. The summed E-state index contributed by atoms with van der Waals surface area (Å²) in [6.07, 6.45) is 1.09. The van der Waals surface area contributed by atoms with Crippen LogP contribution in [0.4, 0.5) is 5.69 Å². The van der Waals surface area contributed by atoms with Crippen LogP contribution in [0.2, 0.25) is 0 Å². The molecule has 0 radical (unpaired) electrons. The molecule has 1 aromatic rings. The molecule has 0 aliphatic carbocycles. The van der Waals surface area contributed by atoms with Gasteiger partial charge in [-0.15, -0.1) is 0 Å². The van der Waals surface area contributed by atoms with Crippen LogP contribution in [0.1, 0.15) is 23.7 Å². The summed E-state index contributed by atoms with van der Waals surface area (Å²) in [4.78, 5) is 11.1. The summed E-state index contributed by atoms with van der Waals surface area (Å²) >= 11 is 0. The Morgan fingerprint density at radius 2 is 2.41 bits per heavy atom. The summed E-state index contributed by atoms with van der Waals surface area (Å²) in [5.74, 6) is 0.137. The van der Waals surface area contributed by atoms with E-state index < -0.39 is 5.91 Å². The van der Waals surface area contributed by atoms with Gasteiger partial charge in [0.05, 0.1) is 6.61 Å². The number of carbonyl (C=O) groups excluding carboxylic acids is 1. The number of benzene rings is 1. The smallest absolute Gasteiger partial charge is 0.248 e. The van der Waals surface area contributed by atoms with Crippen LogP contribution in [0.3, 0.4) is 0 Å². The summed E-state index contributed by atoms with van der Waals surface area (Å²) < 4.78 is 5.36. The summed E-state index contributed by atoms with van der Waals surface area (Å²) in [6, 6.07) is 7.62. The molecule has 1 aliphatic heterocycles. The van der Waals surface area contributed by atoms with Crippen LogP contribution >= 0.6 is 0 Å². The van der Waals surface area contributed by atoms with Crippen LogP contribution < -0.4 is 11.1 Å². The molecule has 2 atom stereocenters. The Hall–Kier alpha value is -1.55. The minimum atomic E-state index is -0.398. The lowest BCUT2D eigenvalue weighted by molar-refractivity contribution is 0.100. The normalized spacial score (nSPS) is 21.1. The third-order valence-electron chi connectivity index (χ3n) is 3.21. The van der Waals surface area contributed by atoms with E-state index in [1.165, 1.54) is 0 Å². The highest BCUT2D eigenvalue weighted by Gasteiger charge is 2.22. The first-order chi connectivity index (χ1) is 8.16. The molecule has 2 rings (SSSR count). The van der Waals surface area contributed by atoms with E-state index in [4.69, 9.17) is 10.5 Å². The Balaban J connectivity index is 2.02. The Bertz CT molecular complexity index is 400. The average molecular weight is 234 g/mol. The molecule has 0 spiro atoms. The molecule has 4 heteroatoms. The molecule has 1 fully saturated rings. The Kier molecular flexibility index (Phi) is 3.64. The van der Waals surface area contributed by atoms with Crippen LogP contribution in [0.5, 0.6) is 0 Å². The van der Waals surface area contributed by atoms with Gasteiger partial charge in [-0.25, -0.2) is 0 Å². The van der Waals surface area contributed by atoms with Crippen molar-refractivity contribution in [3.8, 4) is 0 Å². The van der Waals surface area contributed by atoms with Gasteiger partial charge < -0.3 is 15.8 Å². The van der Waals surface area contributed by atoms with Gasteiger partial charge in [-0.2, -0.15) is 0 Å². The number of hydrogen-bond donors (Lipinski definition) is 2. The predicted molar refractivity (Wildman–Crippen MR) is 67.0 cm³/mol. The second kappa shape index (κ2) is 5.19. The minimum Gasteiger partial charge on any atom is -0.382 e. The molecular formula is C13H18N2O2.